The van der Waals surface area contributed by atoms with Crippen LogP contribution < -0.4 is 0 Å². The standard InChI is InChI=1S/C17H32BrNO3/c1-7-19(15(20)22-16(3,4)5)12-17(6,11-18)21-10-13(2)14-8-9-14/h13-14H,7-12H2,1-6H3. The van der Waals surface area contributed by atoms with Crippen molar-refractivity contribution in [1.29, 1.82) is 0 Å². The molecular formula is C17H32BrNO3. The minimum absolute atomic E-state index is 0.277. The quantitative estimate of drug-likeness (QED) is 0.586. The normalized spacial score (nSPS) is 19.4. The molecule has 0 N–H and O–H groups in total. The third-order valence-electron chi connectivity index (χ3n) is 3.96. The van der Waals surface area contributed by atoms with Gasteiger partial charge in [0.05, 0.1) is 18.8 Å². The second kappa shape index (κ2) is 8.00. The first-order valence-corrected chi connectivity index (χ1v) is 9.40. The summed E-state index contributed by atoms with van der Waals surface area (Å²) in [7, 11) is 0. The smallest absolute Gasteiger partial charge is 0.410 e. The maximum absolute atomic E-state index is 12.3. The van der Waals surface area contributed by atoms with E-state index in [2.05, 4.69) is 22.9 Å². The van der Waals surface area contributed by atoms with E-state index in [9.17, 15) is 4.79 Å². The number of nitrogens with zero attached hydrogens (tertiary/aromatic N) is 1. The molecule has 4 nitrogen and oxygen atoms in total. The predicted molar refractivity (Wildman–Crippen MR) is 93.5 cm³/mol. The van der Waals surface area contributed by atoms with Crippen LogP contribution in [0.2, 0.25) is 0 Å². The molecule has 0 radical (unpaired) electrons. The number of amides is 1. The summed E-state index contributed by atoms with van der Waals surface area (Å²) in [5.41, 5.74) is -0.868. The lowest BCUT2D eigenvalue weighted by Gasteiger charge is -2.35. The van der Waals surface area contributed by atoms with Gasteiger partial charge in [0.2, 0.25) is 0 Å². The Bertz CT molecular complexity index is 365. The fraction of sp³-hybridized carbons (Fsp3) is 0.941. The average molecular weight is 378 g/mol. The Morgan fingerprint density at radius 1 is 1.32 bits per heavy atom. The van der Waals surface area contributed by atoms with Crippen molar-refractivity contribution in [2.45, 2.75) is 65.6 Å². The Morgan fingerprint density at radius 3 is 2.32 bits per heavy atom. The van der Waals surface area contributed by atoms with Crippen LogP contribution in [0.4, 0.5) is 4.79 Å². The topological polar surface area (TPSA) is 38.8 Å². The van der Waals surface area contributed by atoms with Gasteiger partial charge < -0.3 is 14.4 Å². The average Bonchev–Trinajstić information content (AvgIpc) is 3.24. The fourth-order valence-corrected chi connectivity index (χ4v) is 2.64. The van der Waals surface area contributed by atoms with E-state index in [1.54, 1.807) is 4.90 Å². The Morgan fingerprint density at radius 2 is 1.91 bits per heavy atom. The first-order chi connectivity index (χ1) is 10.1. The number of hydrogen-bond donors (Lipinski definition) is 0. The molecule has 1 fully saturated rings. The molecule has 2 atom stereocenters. The zero-order chi connectivity index (χ0) is 17.0. The first-order valence-electron chi connectivity index (χ1n) is 8.28. The van der Waals surface area contributed by atoms with Crippen molar-refractivity contribution in [2.24, 2.45) is 11.8 Å². The molecule has 1 amide bonds. The Balaban J connectivity index is 2.57. The van der Waals surface area contributed by atoms with Gasteiger partial charge >= 0.3 is 6.09 Å². The van der Waals surface area contributed by atoms with Gasteiger partial charge in [-0.2, -0.15) is 0 Å². The van der Waals surface area contributed by atoms with E-state index in [1.165, 1.54) is 12.8 Å². The Kier molecular flexibility index (Phi) is 7.19. The van der Waals surface area contributed by atoms with Crippen LogP contribution in [0.1, 0.15) is 54.4 Å². The minimum Gasteiger partial charge on any atom is -0.444 e. The van der Waals surface area contributed by atoms with Gasteiger partial charge in [-0.25, -0.2) is 4.79 Å². The van der Waals surface area contributed by atoms with Gasteiger partial charge in [-0.15, -0.1) is 0 Å². The Labute approximate surface area is 144 Å². The van der Waals surface area contributed by atoms with Crippen LogP contribution >= 0.6 is 15.9 Å². The second-order valence-corrected chi connectivity index (χ2v) is 8.26. The molecule has 22 heavy (non-hydrogen) atoms. The molecule has 1 aliphatic carbocycles. The lowest BCUT2D eigenvalue weighted by atomic mass is 10.1. The van der Waals surface area contributed by atoms with Crippen molar-refractivity contribution in [3.05, 3.63) is 0 Å². The van der Waals surface area contributed by atoms with E-state index in [0.717, 1.165) is 12.5 Å². The molecular weight excluding hydrogens is 346 g/mol. The molecule has 1 rings (SSSR count). The van der Waals surface area contributed by atoms with Crippen LogP contribution in [-0.2, 0) is 9.47 Å². The van der Waals surface area contributed by atoms with Crippen molar-refractivity contribution in [1.82, 2.24) is 4.90 Å². The summed E-state index contributed by atoms with van der Waals surface area (Å²) >= 11 is 3.54. The van der Waals surface area contributed by atoms with Gasteiger partial charge in [-0.05, 0) is 59.3 Å². The molecule has 0 aromatic carbocycles. The van der Waals surface area contributed by atoms with Crippen LogP contribution in [-0.4, -0.2) is 47.2 Å². The Hall–Kier alpha value is -0.290. The number of carbonyl (C=O) groups is 1. The summed E-state index contributed by atoms with van der Waals surface area (Å²) in [5.74, 6) is 1.42. The van der Waals surface area contributed by atoms with E-state index in [4.69, 9.17) is 9.47 Å². The highest BCUT2D eigenvalue weighted by Crippen LogP contribution is 2.37. The molecule has 0 bridgehead atoms. The number of alkyl halides is 1. The fourth-order valence-electron chi connectivity index (χ4n) is 2.30. The minimum atomic E-state index is -0.476. The zero-order valence-electron chi connectivity index (χ0n) is 14.9. The first kappa shape index (κ1) is 19.8. The summed E-state index contributed by atoms with van der Waals surface area (Å²) in [6, 6.07) is 0. The summed E-state index contributed by atoms with van der Waals surface area (Å²) < 4.78 is 11.6. The molecule has 0 saturated heterocycles. The lowest BCUT2D eigenvalue weighted by Crippen LogP contribution is -2.48. The summed E-state index contributed by atoms with van der Waals surface area (Å²) in [6.45, 7) is 13.8. The van der Waals surface area contributed by atoms with Crippen molar-refractivity contribution >= 4 is 22.0 Å². The highest BCUT2D eigenvalue weighted by atomic mass is 79.9. The monoisotopic (exact) mass is 377 g/mol. The van der Waals surface area contributed by atoms with Gasteiger partial charge in [0, 0.05) is 11.9 Å². The molecule has 2 unspecified atom stereocenters. The van der Waals surface area contributed by atoms with Crippen molar-refractivity contribution in [2.75, 3.05) is 25.0 Å². The van der Waals surface area contributed by atoms with Crippen molar-refractivity contribution < 1.29 is 14.3 Å². The molecule has 130 valence electrons. The predicted octanol–water partition coefficient (Wildman–Crippen LogP) is 4.46. The number of ether oxygens (including phenoxy) is 2. The van der Waals surface area contributed by atoms with E-state index in [-0.39, 0.29) is 6.09 Å². The van der Waals surface area contributed by atoms with Crippen LogP contribution in [0.3, 0.4) is 0 Å². The van der Waals surface area contributed by atoms with Gasteiger partial charge in [0.25, 0.3) is 0 Å². The molecule has 0 aromatic heterocycles. The summed E-state index contributed by atoms with van der Waals surface area (Å²) in [5, 5.41) is 0.691. The highest BCUT2D eigenvalue weighted by Gasteiger charge is 2.34. The molecule has 1 saturated carbocycles. The summed E-state index contributed by atoms with van der Waals surface area (Å²) in [6.07, 6.45) is 2.38. The van der Waals surface area contributed by atoms with Crippen LogP contribution in [0, 0.1) is 11.8 Å². The third kappa shape index (κ3) is 6.86. The number of carbonyl (C=O) groups excluding carboxylic acids is 1. The van der Waals surface area contributed by atoms with Crippen molar-refractivity contribution in [3.63, 3.8) is 0 Å². The maximum atomic E-state index is 12.3. The van der Waals surface area contributed by atoms with E-state index in [1.807, 2.05) is 34.6 Å². The van der Waals surface area contributed by atoms with E-state index < -0.39 is 11.2 Å². The van der Waals surface area contributed by atoms with Gasteiger partial charge in [-0.1, -0.05) is 22.9 Å². The van der Waals surface area contributed by atoms with Crippen molar-refractivity contribution in [3.8, 4) is 0 Å². The number of likely N-dealkylation sites (N-methyl/N-ethyl adjacent to an activating group) is 1. The van der Waals surface area contributed by atoms with Crippen LogP contribution in [0.25, 0.3) is 0 Å². The lowest BCUT2D eigenvalue weighted by molar-refractivity contribution is -0.0548. The summed E-state index contributed by atoms with van der Waals surface area (Å²) in [4.78, 5) is 14.0. The zero-order valence-corrected chi connectivity index (χ0v) is 16.5. The molecule has 0 spiro atoms. The van der Waals surface area contributed by atoms with Crippen LogP contribution in [0.15, 0.2) is 0 Å². The molecule has 1 aliphatic rings. The van der Waals surface area contributed by atoms with Gasteiger partial charge in [-0.3, -0.25) is 0 Å². The number of halogens is 1. The molecule has 0 heterocycles. The van der Waals surface area contributed by atoms with E-state index in [0.29, 0.717) is 24.3 Å². The number of hydrogen-bond acceptors (Lipinski definition) is 3. The number of rotatable bonds is 8. The largest absolute Gasteiger partial charge is 0.444 e. The highest BCUT2D eigenvalue weighted by molar-refractivity contribution is 9.09. The van der Waals surface area contributed by atoms with Gasteiger partial charge in [0.15, 0.2) is 0 Å². The molecule has 0 aromatic rings. The second-order valence-electron chi connectivity index (χ2n) is 7.70. The van der Waals surface area contributed by atoms with Crippen LogP contribution in [0.5, 0.6) is 0 Å². The van der Waals surface area contributed by atoms with E-state index >= 15 is 0 Å². The SMILES string of the molecule is CCN(CC(C)(CBr)OCC(C)C1CC1)C(=O)OC(C)(C)C. The third-order valence-corrected chi connectivity index (χ3v) is 5.15. The molecule has 0 aliphatic heterocycles. The molecule has 5 heteroatoms. The van der Waals surface area contributed by atoms with Gasteiger partial charge in [0.1, 0.15) is 5.60 Å². The maximum Gasteiger partial charge on any atom is 0.410 e.